The number of hydrogen-bond donors (Lipinski definition) is 1. The van der Waals surface area contributed by atoms with E-state index in [1.54, 1.807) is 0 Å². The summed E-state index contributed by atoms with van der Waals surface area (Å²) in [5.74, 6) is -0.0260. The van der Waals surface area contributed by atoms with E-state index in [4.69, 9.17) is 17.3 Å². The molecule has 0 saturated heterocycles. The van der Waals surface area contributed by atoms with Gasteiger partial charge < -0.3 is 5.73 Å². The molecule has 0 aliphatic carbocycles. The maximum atomic E-state index is 11.0. The lowest BCUT2D eigenvalue weighted by Crippen LogP contribution is -2.03. The first kappa shape index (κ1) is 9.28. The number of rotatable bonds is 1. The molecule has 4 nitrogen and oxygen atoms in total. The van der Waals surface area contributed by atoms with Crippen molar-refractivity contribution in [2.45, 2.75) is 4.90 Å². The van der Waals surface area contributed by atoms with Crippen molar-refractivity contribution in [1.82, 2.24) is 4.98 Å². The fourth-order valence-electron chi connectivity index (χ4n) is 0.728. The summed E-state index contributed by atoms with van der Waals surface area (Å²) in [7, 11) is -3.33. The van der Waals surface area contributed by atoms with Crippen LogP contribution in [-0.4, -0.2) is 19.7 Å². The summed E-state index contributed by atoms with van der Waals surface area (Å²) in [6.07, 6.45) is 2.35. The molecule has 1 heterocycles. The molecule has 0 atom stereocenters. The molecule has 0 saturated carbocycles. The van der Waals surface area contributed by atoms with Crippen LogP contribution in [0.2, 0.25) is 5.02 Å². The first-order valence-electron chi connectivity index (χ1n) is 3.02. The van der Waals surface area contributed by atoms with Gasteiger partial charge in [0.1, 0.15) is 10.7 Å². The topological polar surface area (TPSA) is 73.0 Å². The Morgan fingerprint density at radius 2 is 2.17 bits per heavy atom. The Morgan fingerprint density at radius 1 is 1.58 bits per heavy atom. The number of nitrogens with zero attached hydrogens (tertiary/aromatic N) is 1. The predicted octanol–water partition coefficient (Wildman–Crippen LogP) is 0.721. The molecular weight excluding hydrogens is 200 g/mol. The molecule has 0 spiro atoms. The third-order valence-electron chi connectivity index (χ3n) is 1.25. The van der Waals surface area contributed by atoms with Crippen LogP contribution in [0.1, 0.15) is 0 Å². The van der Waals surface area contributed by atoms with Crippen molar-refractivity contribution in [3.05, 3.63) is 17.3 Å². The predicted molar refractivity (Wildman–Crippen MR) is 46.8 cm³/mol. The van der Waals surface area contributed by atoms with E-state index in [1.165, 1.54) is 12.3 Å². The second-order valence-corrected chi connectivity index (χ2v) is 4.73. The molecule has 1 aromatic rings. The van der Waals surface area contributed by atoms with E-state index in [1.807, 2.05) is 0 Å². The number of pyridine rings is 1. The molecule has 0 amide bonds. The highest BCUT2D eigenvalue weighted by molar-refractivity contribution is 7.90. The SMILES string of the molecule is CS(=O)(=O)c1cc(Cl)cnc1N. The summed E-state index contributed by atoms with van der Waals surface area (Å²) in [6, 6.07) is 1.28. The molecule has 1 aromatic heterocycles. The third kappa shape index (κ3) is 1.86. The van der Waals surface area contributed by atoms with Crippen molar-refractivity contribution in [3.63, 3.8) is 0 Å². The zero-order chi connectivity index (χ0) is 9.35. The van der Waals surface area contributed by atoms with E-state index in [9.17, 15) is 8.42 Å². The zero-order valence-corrected chi connectivity index (χ0v) is 7.85. The third-order valence-corrected chi connectivity index (χ3v) is 2.58. The summed E-state index contributed by atoms with van der Waals surface area (Å²) < 4.78 is 22.1. The normalized spacial score (nSPS) is 11.5. The summed E-state index contributed by atoms with van der Waals surface area (Å²) in [6.45, 7) is 0. The molecule has 0 unspecified atom stereocenters. The van der Waals surface area contributed by atoms with Crippen LogP contribution >= 0.6 is 11.6 Å². The molecule has 1 rings (SSSR count). The van der Waals surface area contributed by atoms with Gasteiger partial charge in [0, 0.05) is 12.5 Å². The van der Waals surface area contributed by atoms with Crippen molar-refractivity contribution in [1.29, 1.82) is 0 Å². The average molecular weight is 207 g/mol. The fourth-order valence-corrected chi connectivity index (χ4v) is 1.72. The lowest BCUT2D eigenvalue weighted by atomic mass is 10.5. The average Bonchev–Trinajstić information content (AvgIpc) is 1.92. The first-order chi connectivity index (χ1) is 5.41. The molecular formula is C6H7ClN2O2S. The fraction of sp³-hybridized carbons (Fsp3) is 0.167. The van der Waals surface area contributed by atoms with Crippen LogP contribution in [0.4, 0.5) is 5.82 Å². The summed E-state index contributed by atoms with van der Waals surface area (Å²) in [5, 5.41) is 0.254. The highest BCUT2D eigenvalue weighted by atomic mass is 35.5. The van der Waals surface area contributed by atoms with Crippen LogP contribution < -0.4 is 5.73 Å². The lowest BCUT2D eigenvalue weighted by Gasteiger charge is -2.01. The van der Waals surface area contributed by atoms with Gasteiger partial charge in [-0.3, -0.25) is 0 Å². The summed E-state index contributed by atoms with van der Waals surface area (Å²) >= 11 is 5.54. The van der Waals surface area contributed by atoms with Crippen LogP contribution in [0.25, 0.3) is 0 Å². The van der Waals surface area contributed by atoms with Gasteiger partial charge in [-0.1, -0.05) is 11.6 Å². The Kier molecular flexibility index (Phi) is 2.25. The Balaban J connectivity index is 3.43. The summed E-state index contributed by atoms with van der Waals surface area (Å²) in [4.78, 5) is 3.58. The van der Waals surface area contributed by atoms with Gasteiger partial charge in [0.15, 0.2) is 9.84 Å². The second-order valence-electron chi connectivity index (χ2n) is 2.31. The van der Waals surface area contributed by atoms with E-state index in [0.29, 0.717) is 0 Å². The molecule has 2 N–H and O–H groups in total. The largest absolute Gasteiger partial charge is 0.383 e. The van der Waals surface area contributed by atoms with Crippen LogP contribution in [0.5, 0.6) is 0 Å². The number of halogens is 1. The van der Waals surface area contributed by atoms with Gasteiger partial charge in [-0.2, -0.15) is 0 Å². The Bertz CT molecular complexity index is 402. The van der Waals surface area contributed by atoms with Crippen molar-refractivity contribution in [2.75, 3.05) is 12.0 Å². The molecule has 0 fully saturated rings. The van der Waals surface area contributed by atoms with Crippen LogP contribution in [0.3, 0.4) is 0 Å². The molecule has 0 bridgehead atoms. The van der Waals surface area contributed by atoms with E-state index in [0.717, 1.165) is 6.26 Å². The standard InChI is InChI=1S/C6H7ClN2O2S/c1-12(10,11)5-2-4(7)3-9-6(5)8/h2-3H,1H3,(H2,8,9). The Hall–Kier alpha value is -0.810. The van der Waals surface area contributed by atoms with Gasteiger partial charge in [-0.15, -0.1) is 0 Å². The minimum absolute atomic E-state index is 0.0260. The molecule has 0 radical (unpaired) electrons. The highest BCUT2D eigenvalue weighted by Crippen LogP contribution is 2.19. The van der Waals surface area contributed by atoms with Gasteiger partial charge in [0.25, 0.3) is 0 Å². The van der Waals surface area contributed by atoms with Crippen molar-refractivity contribution >= 4 is 27.3 Å². The number of nitrogens with two attached hydrogens (primary N) is 1. The number of aromatic nitrogens is 1. The van der Waals surface area contributed by atoms with Gasteiger partial charge >= 0.3 is 0 Å². The molecule has 0 aliphatic rings. The van der Waals surface area contributed by atoms with E-state index < -0.39 is 9.84 Å². The number of anilines is 1. The molecule has 12 heavy (non-hydrogen) atoms. The minimum Gasteiger partial charge on any atom is -0.383 e. The van der Waals surface area contributed by atoms with E-state index >= 15 is 0 Å². The maximum absolute atomic E-state index is 11.0. The zero-order valence-electron chi connectivity index (χ0n) is 6.28. The lowest BCUT2D eigenvalue weighted by molar-refractivity contribution is 0.602. The maximum Gasteiger partial charge on any atom is 0.179 e. The van der Waals surface area contributed by atoms with E-state index in [-0.39, 0.29) is 15.7 Å². The van der Waals surface area contributed by atoms with Gasteiger partial charge in [-0.25, -0.2) is 13.4 Å². The molecule has 66 valence electrons. The van der Waals surface area contributed by atoms with E-state index in [2.05, 4.69) is 4.98 Å². The highest BCUT2D eigenvalue weighted by Gasteiger charge is 2.12. The molecule has 0 aliphatic heterocycles. The van der Waals surface area contributed by atoms with Crippen LogP contribution in [0, 0.1) is 0 Å². The van der Waals surface area contributed by atoms with Crippen molar-refractivity contribution in [3.8, 4) is 0 Å². The van der Waals surface area contributed by atoms with Gasteiger partial charge in [0.2, 0.25) is 0 Å². The smallest absolute Gasteiger partial charge is 0.179 e. The molecule has 6 heteroatoms. The summed E-state index contributed by atoms with van der Waals surface area (Å²) in [5.41, 5.74) is 5.33. The monoisotopic (exact) mass is 206 g/mol. The molecule has 0 aromatic carbocycles. The number of hydrogen-bond acceptors (Lipinski definition) is 4. The quantitative estimate of drug-likeness (QED) is 0.735. The first-order valence-corrected chi connectivity index (χ1v) is 5.29. The van der Waals surface area contributed by atoms with Crippen LogP contribution in [-0.2, 0) is 9.84 Å². The Morgan fingerprint density at radius 3 is 2.58 bits per heavy atom. The Labute approximate surface area is 75.3 Å². The second kappa shape index (κ2) is 2.91. The van der Waals surface area contributed by atoms with Crippen molar-refractivity contribution < 1.29 is 8.42 Å². The van der Waals surface area contributed by atoms with Crippen molar-refractivity contribution in [2.24, 2.45) is 0 Å². The number of sulfone groups is 1. The minimum atomic E-state index is -3.33. The van der Waals surface area contributed by atoms with Crippen LogP contribution in [0.15, 0.2) is 17.2 Å². The van der Waals surface area contributed by atoms with Gasteiger partial charge in [-0.05, 0) is 6.07 Å². The van der Waals surface area contributed by atoms with Gasteiger partial charge in [0.05, 0.1) is 5.02 Å². The number of nitrogen functional groups attached to an aromatic ring is 1.